The highest BCUT2D eigenvalue weighted by molar-refractivity contribution is 5.97. The maximum Gasteiger partial charge on any atom is 0.401 e. The maximum atomic E-state index is 12.5. The summed E-state index contributed by atoms with van der Waals surface area (Å²) in [6.07, 6.45) is -4.20. The average Bonchev–Trinajstić information content (AvgIpc) is 2.84. The molecule has 1 N–H and O–H groups in total. The fourth-order valence-corrected chi connectivity index (χ4v) is 2.82. The number of amides is 1. The van der Waals surface area contributed by atoms with Crippen molar-refractivity contribution < 1.29 is 18.0 Å². The zero-order chi connectivity index (χ0) is 16.6. The Morgan fingerprint density at radius 3 is 2.61 bits per heavy atom. The molecule has 2 heterocycles. The summed E-state index contributed by atoms with van der Waals surface area (Å²) < 4.78 is 37.1. The summed E-state index contributed by atoms with van der Waals surface area (Å²) in [4.78, 5) is 22.8. The minimum absolute atomic E-state index is 0.161. The summed E-state index contributed by atoms with van der Waals surface area (Å²) in [5.41, 5.74) is 2.09. The molecule has 1 aromatic carbocycles. The molecule has 124 valence electrons. The molecule has 0 atom stereocenters. The Morgan fingerprint density at radius 2 is 1.96 bits per heavy atom. The number of carbonyl (C=O) groups excluding carboxylic acids is 1. The lowest BCUT2D eigenvalue weighted by molar-refractivity contribution is -0.148. The smallest absolute Gasteiger partial charge is 0.342 e. The van der Waals surface area contributed by atoms with E-state index >= 15 is 0 Å². The van der Waals surface area contributed by atoms with E-state index in [-0.39, 0.29) is 19.0 Å². The Hall–Kier alpha value is -2.09. The molecule has 2 aromatic rings. The van der Waals surface area contributed by atoms with Crippen molar-refractivity contribution in [3.63, 3.8) is 0 Å². The quantitative estimate of drug-likeness (QED) is 0.920. The first-order valence-electron chi connectivity index (χ1n) is 7.36. The Bertz CT molecular complexity index is 717. The molecular weight excluding hydrogens is 309 g/mol. The predicted molar refractivity (Wildman–Crippen MR) is 79.2 cm³/mol. The van der Waals surface area contributed by atoms with E-state index in [9.17, 15) is 18.0 Å². The monoisotopic (exact) mass is 326 g/mol. The van der Waals surface area contributed by atoms with Gasteiger partial charge in [0.1, 0.15) is 5.82 Å². The summed E-state index contributed by atoms with van der Waals surface area (Å²) in [5, 5.41) is 0. The number of nitrogens with one attached hydrogen (secondary N) is 1. The summed E-state index contributed by atoms with van der Waals surface area (Å²) in [6, 6.07) is 5.21. The summed E-state index contributed by atoms with van der Waals surface area (Å²) >= 11 is 0. The molecule has 0 bridgehead atoms. The van der Waals surface area contributed by atoms with E-state index in [0.717, 1.165) is 16.9 Å². The summed E-state index contributed by atoms with van der Waals surface area (Å²) in [7, 11) is 0. The second-order valence-corrected chi connectivity index (χ2v) is 5.74. The van der Waals surface area contributed by atoms with Crippen molar-refractivity contribution in [3.8, 4) is 0 Å². The number of hydrogen-bond acceptors (Lipinski definition) is 3. The van der Waals surface area contributed by atoms with Gasteiger partial charge in [0.05, 0.1) is 17.6 Å². The van der Waals surface area contributed by atoms with Crippen LogP contribution in [0.2, 0.25) is 0 Å². The molecule has 1 aromatic heterocycles. The minimum atomic E-state index is -4.20. The SMILES string of the molecule is Cc1nc2ccc(C(=O)N3CCN(CC(F)(F)F)CC3)cc2[nH]1. The van der Waals surface area contributed by atoms with Crippen LogP contribution < -0.4 is 0 Å². The number of fused-ring (bicyclic) bond motifs is 1. The van der Waals surface area contributed by atoms with Crippen molar-refractivity contribution in [2.45, 2.75) is 13.1 Å². The molecule has 0 aliphatic carbocycles. The van der Waals surface area contributed by atoms with Crippen molar-refractivity contribution in [2.24, 2.45) is 0 Å². The number of H-pyrrole nitrogens is 1. The summed E-state index contributed by atoms with van der Waals surface area (Å²) in [5.74, 6) is 0.608. The summed E-state index contributed by atoms with van der Waals surface area (Å²) in [6.45, 7) is 1.98. The zero-order valence-corrected chi connectivity index (χ0v) is 12.7. The largest absolute Gasteiger partial charge is 0.401 e. The molecule has 8 heteroatoms. The first-order valence-corrected chi connectivity index (χ1v) is 7.36. The second kappa shape index (κ2) is 5.84. The van der Waals surface area contributed by atoms with Gasteiger partial charge in [-0.1, -0.05) is 0 Å². The van der Waals surface area contributed by atoms with Crippen molar-refractivity contribution in [1.29, 1.82) is 0 Å². The van der Waals surface area contributed by atoms with Gasteiger partial charge in [-0.2, -0.15) is 13.2 Å². The number of alkyl halides is 3. The van der Waals surface area contributed by atoms with Crippen LogP contribution in [0.5, 0.6) is 0 Å². The molecule has 1 amide bonds. The first-order chi connectivity index (χ1) is 10.8. The number of halogens is 3. The van der Waals surface area contributed by atoms with Crippen LogP contribution in [0, 0.1) is 6.92 Å². The molecule has 23 heavy (non-hydrogen) atoms. The topological polar surface area (TPSA) is 52.2 Å². The van der Waals surface area contributed by atoms with Crippen LogP contribution >= 0.6 is 0 Å². The van der Waals surface area contributed by atoms with Crippen LogP contribution in [0.3, 0.4) is 0 Å². The highest BCUT2D eigenvalue weighted by Crippen LogP contribution is 2.19. The van der Waals surface area contributed by atoms with Crippen molar-refractivity contribution >= 4 is 16.9 Å². The van der Waals surface area contributed by atoms with Crippen LogP contribution in [0.15, 0.2) is 18.2 Å². The molecule has 1 aliphatic rings. The number of aromatic nitrogens is 2. The molecule has 1 saturated heterocycles. The number of hydrogen-bond donors (Lipinski definition) is 1. The third-order valence-electron chi connectivity index (χ3n) is 3.91. The average molecular weight is 326 g/mol. The van der Waals surface area contributed by atoms with Crippen LogP contribution in [-0.4, -0.2) is 64.6 Å². The molecule has 0 radical (unpaired) electrons. The Morgan fingerprint density at radius 1 is 1.26 bits per heavy atom. The van der Waals surface area contributed by atoms with Crippen LogP contribution in [0.25, 0.3) is 11.0 Å². The lowest BCUT2D eigenvalue weighted by atomic mass is 10.1. The number of aromatic amines is 1. The van der Waals surface area contributed by atoms with Crippen LogP contribution in [0.1, 0.15) is 16.2 Å². The molecule has 0 saturated carbocycles. The van der Waals surface area contributed by atoms with E-state index in [2.05, 4.69) is 9.97 Å². The van der Waals surface area contributed by atoms with Gasteiger partial charge in [0.15, 0.2) is 0 Å². The Kier molecular flexibility index (Phi) is 4.01. The number of aryl methyl sites for hydroxylation is 1. The normalized spacial score (nSPS) is 17.0. The van der Waals surface area contributed by atoms with Crippen molar-refractivity contribution in [1.82, 2.24) is 19.8 Å². The zero-order valence-electron chi connectivity index (χ0n) is 12.7. The minimum Gasteiger partial charge on any atom is -0.342 e. The van der Waals surface area contributed by atoms with Gasteiger partial charge in [-0.05, 0) is 25.1 Å². The van der Waals surface area contributed by atoms with Gasteiger partial charge in [-0.3, -0.25) is 9.69 Å². The Labute approximate surface area is 131 Å². The molecule has 0 spiro atoms. The van der Waals surface area contributed by atoms with Gasteiger partial charge < -0.3 is 9.88 Å². The van der Waals surface area contributed by atoms with Gasteiger partial charge >= 0.3 is 6.18 Å². The van der Waals surface area contributed by atoms with Gasteiger partial charge in [-0.15, -0.1) is 0 Å². The molecule has 0 unspecified atom stereocenters. The lowest BCUT2D eigenvalue weighted by Crippen LogP contribution is -2.50. The standard InChI is InChI=1S/C15H17F3N4O/c1-10-19-12-3-2-11(8-13(12)20-10)14(23)22-6-4-21(5-7-22)9-15(16,17)18/h2-3,8H,4-7,9H2,1H3,(H,19,20). The van der Waals surface area contributed by atoms with Crippen molar-refractivity contribution in [3.05, 3.63) is 29.6 Å². The molecule has 3 rings (SSSR count). The number of benzene rings is 1. The van der Waals surface area contributed by atoms with E-state index in [1.165, 1.54) is 4.90 Å². The van der Waals surface area contributed by atoms with Crippen LogP contribution in [0.4, 0.5) is 13.2 Å². The van der Waals surface area contributed by atoms with E-state index in [0.29, 0.717) is 18.7 Å². The van der Waals surface area contributed by atoms with Gasteiger partial charge in [0.25, 0.3) is 5.91 Å². The number of rotatable bonds is 2. The number of imidazole rings is 1. The van der Waals surface area contributed by atoms with E-state index < -0.39 is 12.7 Å². The number of piperazine rings is 1. The van der Waals surface area contributed by atoms with Crippen LogP contribution in [-0.2, 0) is 0 Å². The lowest BCUT2D eigenvalue weighted by Gasteiger charge is -2.35. The second-order valence-electron chi connectivity index (χ2n) is 5.74. The number of carbonyl (C=O) groups is 1. The molecule has 5 nitrogen and oxygen atoms in total. The maximum absolute atomic E-state index is 12.5. The highest BCUT2D eigenvalue weighted by atomic mass is 19.4. The van der Waals surface area contributed by atoms with E-state index in [1.54, 1.807) is 23.1 Å². The fraction of sp³-hybridized carbons (Fsp3) is 0.467. The highest BCUT2D eigenvalue weighted by Gasteiger charge is 2.33. The first kappa shape index (κ1) is 15.8. The van der Waals surface area contributed by atoms with Gasteiger partial charge in [0.2, 0.25) is 0 Å². The third kappa shape index (κ3) is 3.64. The predicted octanol–water partition coefficient (Wildman–Crippen LogP) is 2.19. The Balaban J connectivity index is 1.66. The van der Waals surface area contributed by atoms with Gasteiger partial charge in [-0.25, -0.2) is 4.98 Å². The van der Waals surface area contributed by atoms with E-state index in [4.69, 9.17) is 0 Å². The molecule has 1 aliphatic heterocycles. The van der Waals surface area contributed by atoms with E-state index in [1.807, 2.05) is 6.92 Å². The fourth-order valence-electron chi connectivity index (χ4n) is 2.82. The third-order valence-corrected chi connectivity index (χ3v) is 3.91. The number of nitrogens with zero attached hydrogens (tertiary/aromatic N) is 3. The van der Waals surface area contributed by atoms with Crippen molar-refractivity contribution in [2.75, 3.05) is 32.7 Å². The molecular formula is C15H17F3N4O. The van der Waals surface area contributed by atoms with Gasteiger partial charge in [0, 0.05) is 31.7 Å². The molecule has 1 fully saturated rings.